The number of amides is 8. The van der Waals surface area contributed by atoms with E-state index < -0.39 is 116 Å². The zero-order valence-corrected chi connectivity index (χ0v) is 70.6. The fourth-order valence-corrected chi connectivity index (χ4v) is 15.6. The van der Waals surface area contributed by atoms with Crippen molar-refractivity contribution in [3.8, 4) is 5.75 Å². The Labute approximate surface area is 708 Å². The molecule has 121 heavy (non-hydrogen) atoms. The quantitative estimate of drug-likeness (QED) is 0.00736. The number of carbonyl (C=O) groups excluding carboxylic acids is 7. The maximum Gasteiger partial charge on any atom is 0.326 e. The van der Waals surface area contributed by atoms with Crippen LogP contribution in [0.3, 0.4) is 0 Å². The Balaban J connectivity index is 0.766. The summed E-state index contributed by atoms with van der Waals surface area (Å²) in [6.07, 6.45) is 14.4. The van der Waals surface area contributed by atoms with E-state index in [-0.39, 0.29) is 111 Å². The lowest BCUT2D eigenvalue weighted by Crippen LogP contribution is -2.55. The summed E-state index contributed by atoms with van der Waals surface area (Å²) >= 11 is 6.24. The van der Waals surface area contributed by atoms with Gasteiger partial charge in [0.25, 0.3) is 20.2 Å². The standard InChI is InChI=1S/C85H106ClN13O20S2/c1-84(2)64-51-62(120(114,115)116)35-38-70(64)96(5)72(84)27-12-7-13-28-73-85(3,4)65-52-63(121(117,118)119)36-39-71(65)99(73)47-18-9-14-29-74(101)89-53-60-55-98(95-94-60)46-21-44-88-79(107)68(50-57-31-33-61(100)34-32-57)91-80(108)69(49-56-22-10-6-11-23-56)90-76(103)41-40-75(102)87-43-17-8-15-30-77(104)97(54-58-24-20-25-59(86)48-58)45-19-16-26-66(81(109)110)92-83(113)93-67(82(111)112)37-42-78(105)106/h6-7,10-13,20,22-25,27-28,31-36,38-39,48,51-52,55,66-69H,8-9,14-19,21,26,29-30,37,40-47,49-50,53-54H2,1-5H3,(H12-,87,88,89,90,91,92,93,100,101,102,103,105,106,107,108,109,110,111,112,113,114,115,116,117,118,119)/p+1/t66-,67-,68-,69-/m0/s1. The number of aliphatic carboxylic acids is 3. The molecule has 2 aliphatic heterocycles. The SMILES string of the molecule is CN1/C(=C/C=C/C=C/C2=[N+](CCCCCC(=O)NCc3cn(CCCNC(=O)[C@H](Cc4ccc(O)cc4)NC(=O)[C@H](Cc4ccccc4)NC(=O)CCC(=O)NCCCCCC(=O)N(CCCC[C@H](NC(=O)N[C@@H](CCC(=O)O)C(=O)O)C(=O)O)Cc4cccc(Cl)c4)nn3)c3ccc(S(=O)(=O)O)cc3C2(C)C)C(C)(C)c2cc(S(=O)(=O)O)ccc21. The van der Waals surface area contributed by atoms with Crippen LogP contribution in [0.25, 0.3) is 0 Å². The number of carboxylic acid groups (broad SMARTS) is 3. The minimum absolute atomic E-state index is 0.00639. The molecule has 1 aromatic heterocycles. The van der Waals surface area contributed by atoms with Gasteiger partial charge in [-0.05, 0) is 155 Å². The second-order valence-electron chi connectivity index (χ2n) is 30.8. The van der Waals surface area contributed by atoms with Gasteiger partial charge < -0.3 is 67.4 Å². The number of phenols is 1. The van der Waals surface area contributed by atoms with Crippen LogP contribution in [-0.2, 0) is 107 Å². The number of benzene rings is 5. The first-order chi connectivity index (χ1) is 57.4. The van der Waals surface area contributed by atoms with Gasteiger partial charge in [-0.1, -0.05) is 110 Å². The van der Waals surface area contributed by atoms with Gasteiger partial charge in [-0.2, -0.15) is 21.4 Å². The third-order valence-corrected chi connectivity index (χ3v) is 22.9. The first-order valence-electron chi connectivity index (χ1n) is 39.9. The van der Waals surface area contributed by atoms with E-state index in [4.69, 9.17) is 16.7 Å². The van der Waals surface area contributed by atoms with E-state index in [0.29, 0.717) is 91.9 Å². The monoisotopic (exact) mass is 1730 g/mol. The van der Waals surface area contributed by atoms with Crippen LogP contribution in [0.5, 0.6) is 5.75 Å². The Morgan fingerprint density at radius 3 is 1.87 bits per heavy atom. The van der Waals surface area contributed by atoms with Crippen molar-refractivity contribution in [3.05, 3.63) is 196 Å². The van der Waals surface area contributed by atoms with E-state index in [0.717, 1.165) is 33.9 Å². The van der Waals surface area contributed by atoms with Gasteiger partial charge in [-0.25, -0.2) is 14.4 Å². The number of urea groups is 1. The van der Waals surface area contributed by atoms with Crippen LogP contribution in [0.2, 0.25) is 5.02 Å². The van der Waals surface area contributed by atoms with Crippen molar-refractivity contribution < 1.29 is 98.9 Å². The molecule has 0 aliphatic carbocycles. The number of phenolic OH excluding ortho intramolecular Hbond substituents is 1. The lowest BCUT2D eigenvalue weighted by atomic mass is 9.81. The van der Waals surface area contributed by atoms with E-state index in [1.165, 1.54) is 36.4 Å². The molecular weight excluding hydrogens is 1620 g/mol. The third-order valence-electron chi connectivity index (χ3n) is 20.9. The highest BCUT2D eigenvalue weighted by Crippen LogP contribution is 2.48. The number of allylic oxidation sites excluding steroid dienone is 6. The van der Waals surface area contributed by atoms with Crippen molar-refractivity contribution in [1.29, 1.82) is 0 Å². The number of aromatic hydroxyl groups is 1. The number of aryl methyl sites for hydroxylation is 1. The summed E-state index contributed by atoms with van der Waals surface area (Å²) in [6, 6.07) is 24.6. The average Bonchev–Trinajstić information content (AvgIpc) is 1.60. The number of rotatable bonds is 48. The van der Waals surface area contributed by atoms with Gasteiger partial charge in [-0.3, -0.25) is 47.3 Å². The minimum atomic E-state index is -4.51. The number of hydrogen-bond donors (Lipinski definition) is 13. The number of anilines is 1. The lowest BCUT2D eigenvalue weighted by Gasteiger charge is -2.24. The van der Waals surface area contributed by atoms with Gasteiger partial charge in [0.2, 0.25) is 41.1 Å². The topological polar surface area (TPSA) is 485 Å². The Morgan fingerprint density at radius 1 is 0.570 bits per heavy atom. The molecule has 0 saturated carbocycles. The van der Waals surface area contributed by atoms with Crippen molar-refractivity contribution in [3.63, 3.8) is 0 Å². The Morgan fingerprint density at radius 2 is 1.19 bits per heavy atom. The van der Waals surface area contributed by atoms with Crippen LogP contribution in [0.1, 0.15) is 164 Å². The minimum Gasteiger partial charge on any atom is -0.508 e. The number of fused-ring (bicyclic) bond motifs is 2. The number of likely N-dealkylation sites (N-methyl/N-ethyl adjacent to an activating group) is 1. The molecular formula is C85H107ClN13O20S2+. The van der Waals surface area contributed by atoms with Gasteiger partial charge >= 0.3 is 23.9 Å². The molecule has 3 heterocycles. The zero-order valence-electron chi connectivity index (χ0n) is 68.2. The number of hydrogen-bond acceptors (Lipinski definition) is 18. The van der Waals surface area contributed by atoms with E-state index in [2.05, 4.69) is 52.1 Å². The van der Waals surface area contributed by atoms with Crippen LogP contribution in [0.4, 0.5) is 16.2 Å². The van der Waals surface area contributed by atoms with Crippen LogP contribution in [0.15, 0.2) is 167 Å². The highest BCUT2D eigenvalue weighted by Gasteiger charge is 2.45. The van der Waals surface area contributed by atoms with Crippen molar-refractivity contribution >= 4 is 108 Å². The normalized spacial score (nSPS) is 14.8. The van der Waals surface area contributed by atoms with E-state index >= 15 is 0 Å². The number of nitrogens with zero attached hydrogens (tertiary/aromatic N) is 6. The molecule has 2 aliphatic rings. The molecule has 0 fully saturated rings. The van der Waals surface area contributed by atoms with E-state index in [9.17, 15) is 89.2 Å². The number of halogens is 1. The van der Waals surface area contributed by atoms with Crippen LogP contribution < -0.4 is 42.1 Å². The summed E-state index contributed by atoms with van der Waals surface area (Å²) in [4.78, 5) is 132. The average molecular weight is 1730 g/mol. The molecule has 8 amide bonds. The van der Waals surface area contributed by atoms with Gasteiger partial charge in [0.1, 0.15) is 42.2 Å². The molecule has 0 spiro atoms. The molecule has 33 nitrogen and oxygen atoms in total. The maximum atomic E-state index is 14.3. The number of aromatic nitrogens is 3. The maximum absolute atomic E-state index is 14.3. The van der Waals surface area contributed by atoms with Gasteiger partial charge in [0.15, 0.2) is 5.71 Å². The van der Waals surface area contributed by atoms with Gasteiger partial charge in [-0.15, -0.1) is 5.10 Å². The highest BCUT2D eigenvalue weighted by molar-refractivity contribution is 7.86. The van der Waals surface area contributed by atoms with Crippen molar-refractivity contribution in [2.75, 3.05) is 38.1 Å². The molecule has 36 heteroatoms. The van der Waals surface area contributed by atoms with Crippen LogP contribution in [0, 0.1) is 0 Å². The summed E-state index contributed by atoms with van der Waals surface area (Å²) < 4.78 is 72.0. The summed E-state index contributed by atoms with van der Waals surface area (Å²) in [5.41, 5.74) is 6.07. The molecule has 0 radical (unpaired) electrons. The molecule has 4 atom stereocenters. The fraction of sp³-hybridized carbons (Fsp3) is 0.424. The van der Waals surface area contributed by atoms with Crippen LogP contribution in [-0.4, -0.2) is 193 Å². The third kappa shape index (κ3) is 29.1. The Hall–Kier alpha value is -11.7. The zero-order chi connectivity index (χ0) is 88.2. The summed E-state index contributed by atoms with van der Waals surface area (Å²) in [6.45, 7) is 9.63. The van der Waals surface area contributed by atoms with E-state index in [1.807, 2.05) is 70.0 Å². The van der Waals surface area contributed by atoms with E-state index in [1.54, 1.807) is 94.6 Å². The largest absolute Gasteiger partial charge is 0.508 e. The number of unbranched alkanes of at least 4 members (excludes halogenated alkanes) is 5. The molecule has 0 bridgehead atoms. The predicted molar refractivity (Wildman–Crippen MR) is 450 cm³/mol. The molecule has 0 saturated heterocycles. The molecule has 13 N–H and O–H groups in total. The molecule has 0 unspecified atom stereocenters. The first kappa shape index (κ1) is 94.8. The summed E-state index contributed by atoms with van der Waals surface area (Å²) in [5, 5.41) is 65.5. The number of carbonyl (C=O) groups is 10. The first-order valence-corrected chi connectivity index (χ1v) is 43.2. The molecule has 6 aromatic rings. The molecule has 650 valence electrons. The predicted octanol–water partition coefficient (Wildman–Crippen LogP) is 8.50. The van der Waals surface area contributed by atoms with Gasteiger partial charge in [0.05, 0.1) is 27.9 Å². The van der Waals surface area contributed by atoms with Crippen molar-refractivity contribution in [1.82, 2.24) is 57.1 Å². The van der Waals surface area contributed by atoms with Crippen LogP contribution >= 0.6 is 11.6 Å². The number of nitrogens with one attached hydrogen (secondary N) is 7. The lowest BCUT2D eigenvalue weighted by molar-refractivity contribution is -0.438. The molecule has 5 aromatic carbocycles. The van der Waals surface area contributed by atoms with Crippen molar-refractivity contribution in [2.45, 2.75) is 208 Å². The summed E-state index contributed by atoms with van der Waals surface area (Å²) in [7, 11) is -7.03. The second kappa shape index (κ2) is 44.6. The fourth-order valence-electron chi connectivity index (χ4n) is 14.4. The Kier molecular flexibility index (Phi) is 34.9. The molecule has 8 rings (SSSR count). The van der Waals surface area contributed by atoms with Gasteiger partial charge in [0, 0.05) is 131 Å². The second-order valence-corrected chi connectivity index (χ2v) is 34.1. The Bertz CT molecular complexity index is 5070. The smallest absolute Gasteiger partial charge is 0.326 e. The highest BCUT2D eigenvalue weighted by atomic mass is 35.5. The number of carboxylic acids is 3. The van der Waals surface area contributed by atoms with Crippen molar-refractivity contribution in [2.24, 2.45) is 0 Å². The summed E-state index contributed by atoms with van der Waals surface area (Å²) in [5.74, 6) is -6.79.